The summed E-state index contributed by atoms with van der Waals surface area (Å²) < 4.78 is 3.86. The number of amides is 3. The summed E-state index contributed by atoms with van der Waals surface area (Å²) in [5.41, 5.74) is 3.23. The number of fused-ring (bicyclic) bond motifs is 3. The zero-order chi connectivity index (χ0) is 17.9. The van der Waals surface area contributed by atoms with Crippen molar-refractivity contribution in [3.63, 3.8) is 0 Å². The second kappa shape index (κ2) is 5.27. The molecule has 7 heteroatoms. The third-order valence-corrected chi connectivity index (χ3v) is 4.93. The van der Waals surface area contributed by atoms with Gasteiger partial charge < -0.3 is 0 Å². The number of aryl methyl sites for hydroxylation is 2. The van der Waals surface area contributed by atoms with Crippen LogP contribution in [0.3, 0.4) is 0 Å². The Morgan fingerprint density at radius 1 is 1.12 bits per heavy atom. The van der Waals surface area contributed by atoms with Crippen molar-refractivity contribution in [3.8, 4) is 5.69 Å². The van der Waals surface area contributed by atoms with Gasteiger partial charge in [-0.25, -0.2) is 9.36 Å². The first kappa shape index (κ1) is 15.6. The summed E-state index contributed by atoms with van der Waals surface area (Å²) in [6.07, 6.45) is 2.90. The number of carbonyl (C=O) groups excluding carboxylic acids is 2. The molecule has 2 aromatic rings. The number of urea groups is 1. The maximum atomic E-state index is 12.6. The molecule has 1 unspecified atom stereocenters. The molecule has 1 aromatic carbocycles. The van der Waals surface area contributed by atoms with E-state index < -0.39 is 6.04 Å². The summed E-state index contributed by atoms with van der Waals surface area (Å²) in [5, 5.41) is 0. The van der Waals surface area contributed by atoms with Gasteiger partial charge in [0.25, 0.3) is 5.91 Å². The van der Waals surface area contributed by atoms with Gasteiger partial charge in [0.15, 0.2) is 0 Å². The van der Waals surface area contributed by atoms with Crippen LogP contribution >= 0.6 is 0 Å². The van der Waals surface area contributed by atoms with E-state index in [1.54, 1.807) is 7.05 Å². The highest BCUT2D eigenvalue weighted by molar-refractivity contribution is 6.18. The number of aromatic nitrogens is 2. The quantitative estimate of drug-likeness (QED) is 0.783. The largest absolute Gasteiger partial charge is 0.406 e. The van der Waals surface area contributed by atoms with Crippen LogP contribution in [0, 0.1) is 6.92 Å². The van der Waals surface area contributed by atoms with Gasteiger partial charge in [-0.05, 0) is 31.0 Å². The number of imidazole rings is 1. The van der Waals surface area contributed by atoms with Gasteiger partial charge in [-0.1, -0.05) is 24.0 Å². The Morgan fingerprint density at radius 2 is 1.80 bits per heavy atom. The van der Waals surface area contributed by atoms with E-state index in [2.05, 4.69) is 36.2 Å². The molecule has 1 aromatic heterocycles. The molecule has 3 heterocycles. The highest BCUT2D eigenvalue weighted by atomic mass is 16.2. The van der Waals surface area contributed by atoms with Gasteiger partial charge in [0.05, 0.1) is 0 Å². The standard InChI is InChI=1S/C18H20N5O2/c1-5-12-6-8-13(9-7-12)23-11(2)10-22-14-15(19-17(22)23)20(3)18(25)21(4)16(14)24/h6-10,14H,5H2,1-4H3/q+1. The molecule has 0 spiro atoms. The fourth-order valence-corrected chi connectivity index (χ4v) is 3.46. The van der Waals surface area contributed by atoms with Crippen LogP contribution in [0.1, 0.15) is 24.2 Å². The maximum Gasteiger partial charge on any atom is 0.406 e. The molecule has 128 valence electrons. The predicted molar refractivity (Wildman–Crippen MR) is 92.1 cm³/mol. The lowest BCUT2D eigenvalue weighted by atomic mass is 10.1. The molecule has 1 fully saturated rings. The fourth-order valence-electron chi connectivity index (χ4n) is 3.46. The molecule has 25 heavy (non-hydrogen) atoms. The lowest BCUT2D eigenvalue weighted by Crippen LogP contribution is -2.61. The van der Waals surface area contributed by atoms with Crippen molar-refractivity contribution >= 4 is 23.7 Å². The van der Waals surface area contributed by atoms with Gasteiger partial charge >= 0.3 is 12.0 Å². The third-order valence-electron chi connectivity index (χ3n) is 4.93. The van der Waals surface area contributed by atoms with Crippen molar-refractivity contribution in [3.05, 3.63) is 41.7 Å². The van der Waals surface area contributed by atoms with E-state index in [0.29, 0.717) is 11.8 Å². The fraction of sp³-hybridized carbons (Fsp3) is 0.333. The number of nitrogens with zero attached hydrogens (tertiary/aromatic N) is 5. The molecular weight excluding hydrogens is 318 g/mol. The Labute approximate surface area is 145 Å². The Balaban J connectivity index is 1.87. The van der Waals surface area contributed by atoms with Crippen LogP contribution in [0.25, 0.3) is 5.69 Å². The normalized spacial score (nSPS) is 19.2. The van der Waals surface area contributed by atoms with Crippen molar-refractivity contribution in [2.45, 2.75) is 26.3 Å². The molecule has 1 atom stereocenters. The molecule has 0 aliphatic carbocycles. The second-order valence-corrected chi connectivity index (χ2v) is 6.44. The molecule has 0 bridgehead atoms. The smallest absolute Gasteiger partial charge is 0.270 e. The topological polar surface area (TPSA) is 61.8 Å². The number of amidine groups is 1. The first-order valence-corrected chi connectivity index (χ1v) is 8.30. The first-order chi connectivity index (χ1) is 11.9. The maximum absolute atomic E-state index is 12.6. The van der Waals surface area contributed by atoms with E-state index in [1.165, 1.54) is 17.5 Å². The number of hydrogen-bond donors (Lipinski definition) is 0. The van der Waals surface area contributed by atoms with Gasteiger partial charge in [-0.15, -0.1) is 0 Å². The second-order valence-electron chi connectivity index (χ2n) is 6.44. The van der Waals surface area contributed by atoms with Gasteiger partial charge in [0.2, 0.25) is 11.9 Å². The summed E-state index contributed by atoms with van der Waals surface area (Å²) in [4.78, 5) is 32.0. The van der Waals surface area contributed by atoms with Crippen LogP contribution < -0.4 is 4.57 Å². The zero-order valence-corrected chi connectivity index (χ0v) is 14.7. The van der Waals surface area contributed by atoms with Crippen molar-refractivity contribution in [2.75, 3.05) is 14.1 Å². The summed E-state index contributed by atoms with van der Waals surface area (Å²) in [6, 6.07) is 7.35. The van der Waals surface area contributed by atoms with E-state index in [-0.39, 0.29) is 11.9 Å². The van der Waals surface area contributed by atoms with Gasteiger partial charge in [0, 0.05) is 14.1 Å². The monoisotopic (exact) mass is 338 g/mol. The van der Waals surface area contributed by atoms with Crippen LogP contribution in [0.2, 0.25) is 0 Å². The minimum Gasteiger partial charge on any atom is -0.270 e. The Bertz CT molecular complexity index is 926. The number of benzene rings is 1. The lowest BCUT2D eigenvalue weighted by Gasteiger charge is -2.30. The minimum absolute atomic E-state index is 0.260. The number of rotatable bonds is 2. The lowest BCUT2D eigenvalue weighted by molar-refractivity contribution is -0.676. The molecule has 3 amide bonds. The van der Waals surface area contributed by atoms with E-state index in [0.717, 1.165) is 22.7 Å². The predicted octanol–water partition coefficient (Wildman–Crippen LogP) is 1.74. The number of hydrogen-bond acceptors (Lipinski definition) is 3. The van der Waals surface area contributed by atoms with Gasteiger partial charge in [0.1, 0.15) is 17.6 Å². The molecule has 0 radical (unpaired) electrons. The molecule has 0 N–H and O–H groups in total. The highest BCUT2D eigenvalue weighted by Crippen LogP contribution is 2.30. The van der Waals surface area contributed by atoms with Crippen molar-refractivity contribution in [1.82, 2.24) is 14.4 Å². The van der Waals surface area contributed by atoms with Crippen molar-refractivity contribution in [2.24, 2.45) is 4.99 Å². The van der Waals surface area contributed by atoms with E-state index in [9.17, 15) is 9.59 Å². The average Bonchev–Trinajstić information content (AvgIpc) is 3.13. The Morgan fingerprint density at radius 3 is 2.44 bits per heavy atom. The SMILES string of the molecule is CCc1ccc(-n2c(C)c[n+]3c2N=C2C3C(=O)N(C)C(=O)N2C)cc1. The molecule has 7 nitrogen and oxygen atoms in total. The molecule has 0 saturated carbocycles. The summed E-state index contributed by atoms with van der Waals surface area (Å²) in [6.45, 7) is 4.11. The van der Waals surface area contributed by atoms with Crippen LogP contribution in [-0.4, -0.2) is 46.2 Å². The van der Waals surface area contributed by atoms with Crippen LogP contribution in [0.4, 0.5) is 10.7 Å². The third kappa shape index (κ3) is 2.05. The van der Waals surface area contributed by atoms with Crippen LogP contribution in [-0.2, 0) is 11.2 Å². The number of imide groups is 1. The number of carbonyl (C=O) groups is 2. The van der Waals surface area contributed by atoms with E-state index >= 15 is 0 Å². The Kier molecular flexibility index (Phi) is 3.28. The van der Waals surface area contributed by atoms with Crippen molar-refractivity contribution in [1.29, 1.82) is 0 Å². The molecule has 2 aliphatic rings. The van der Waals surface area contributed by atoms with Gasteiger partial charge in [-0.3, -0.25) is 14.6 Å². The number of likely N-dealkylation sites (N-methyl/N-ethyl adjacent to an activating group) is 2. The average molecular weight is 338 g/mol. The van der Waals surface area contributed by atoms with Crippen molar-refractivity contribution < 1.29 is 14.2 Å². The molecule has 2 aliphatic heterocycles. The zero-order valence-electron chi connectivity index (χ0n) is 14.7. The summed E-state index contributed by atoms with van der Waals surface area (Å²) in [5.74, 6) is 0.871. The minimum atomic E-state index is -0.586. The van der Waals surface area contributed by atoms with Crippen LogP contribution in [0.15, 0.2) is 35.5 Å². The Hall–Kier alpha value is -2.96. The molecule has 1 saturated heterocycles. The number of aliphatic imine (C=N–C) groups is 1. The van der Waals surface area contributed by atoms with Gasteiger partial charge in [-0.2, -0.15) is 4.57 Å². The summed E-state index contributed by atoms with van der Waals surface area (Å²) in [7, 11) is 3.15. The first-order valence-electron chi connectivity index (χ1n) is 8.30. The van der Waals surface area contributed by atoms with E-state index in [4.69, 9.17) is 0 Å². The van der Waals surface area contributed by atoms with Crippen LogP contribution in [0.5, 0.6) is 0 Å². The summed E-state index contributed by atoms with van der Waals surface area (Å²) >= 11 is 0. The molecule has 4 rings (SSSR count). The molecular formula is C18H20N5O2+. The van der Waals surface area contributed by atoms with E-state index in [1.807, 2.05) is 22.3 Å². The highest BCUT2D eigenvalue weighted by Gasteiger charge is 2.52.